The normalized spacial score (nSPS) is 25.5. The summed E-state index contributed by atoms with van der Waals surface area (Å²) in [6, 6.07) is 0.732. The fraction of sp³-hybridized carbons (Fsp3) is 1.00. The molecule has 1 aliphatic rings. The summed E-state index contributed by atoms with van der Waals surface area (Å²) in [5.41, 5.74) is 0. The van der Waals surface area contributed by atoms with Crippen LogP contribution in [-0.2, 0) is 4.84 Å². The fourth-order valence-corrected chi connectivity index (χ4v) is 1.42. The molecule has 1 fully saturated rings. The average molecular weight is 144 g/mol. The van der Waals surface area contributed by atoms with E-state index in [9.17, 15) is 0 Å². The van der Waals surface area contributed by atoms with Crippen molar-refractivity contribution in [2.75, 3.05) is 13.2 Å². The van der Waals surface area contributed by atoms with Crippen molar-refractivity contribution in [2.45, 2.75) is 31.7 Å². The summed E-state index contributed by atoms with van der Waals surface area (Å²) in [4.78, 5) is 4.47. The smallest absolute Gasteiger partial charge is 0.0679 e. The van der Waals surface area contributed by atoms with Crippen LogP contribution in [-0.4, -0.2) is 19.2 Å². The van der Waals surface area contributed by atoms with Crippen LogP contribution in [0.15, 0.2) is 0 Å². The molecular weight excluding hydrogens is 128 g/mol. The average Bonchev–Trinajstić information content (AvgIpc) is 2.41. The summed E-state index contributed by atoms with van der Waals surface area (Å²) in [6.07, 6.45) is 4.93. The summed E-state index contributed by atoms with van der Waals surface area (Å²) in [5, 5.41) is 3.42. The molecule has 10 heavy (non-hydrogen) atoms. The molecule has 0 spiro atoms. The molecule has 1 aliphatic heterocycles. The van der Waals surface area contributed by atoms with E-state index in [-0.39, 0.29) is 0 Å². The predicted molar refractivity (Wildman–Crippen MR) is 40.4 cm³/mol. The number of nitrogens with one attached hydrogen (secondary N) is 1. The van der Waals surface area contributed by atoms with E-state index in [1.54, 1.807) is 0 Å². The SMILES string of the molecule is NOCCCC1CCCN1. The van der Waals surface area contributed by atoms with Gasteiger partial charge in [-0.3, -0.25) is 0 Å². The van der Waals surface area contributed by atoms with Crippen LogP contribution in [0.5, 0.6) is 0 Å². The van der Waals surface area contributed by atoms with Crippen LogP contribution >= 0.6 is 0 Å². The van der Waals surface area contributed by atoms with Gasteiger partial charge in [-0.05, 0) is 32.2 Å². The molecule has 0 saturated carbocycles. The van der Waals surface area contributed by atoms with Crippen LogP contribution in [0.1, 0.15) is 25.7 Å². The zero-order valence-electron chi connectivity index (χ0n) is 6.31. The van der Waals surface area contributed by atoms with E-state index >= 15 is 0 Å². The summed E-state index contributed by atoms with van der Waals surface area (Å²) in [7, 11) is 0. The first-order chi connectivity index (χ1) is 4.93. The molecule has 0 aromatic heterocycles. The van der Waals surface area contributed by atoms with Gasteiger partial charge < -0.3 is 10.2 Å². The highest BCUT2D eigenvalue weighted by atomic mass is 16.6. The van der Waals surface area contributed by atoms with Gasteiger partial charge in [0.1, 0.15) is 0 Å². The summed E-state index contributed by atoms with van der Waals surface area (Å²) in [5.74, 6) is 4.89. The van der Waals surface area contributed by atoms with Crippen LogP contribution in [0.3, 0.4) is 0 Å². The van der Waals surface area contributed by atoms with E-state index in [4.69, 9.17) is 5.90 Å². The molecule has 0 bridgehead atoms. The Morgan fingerprint density at radius 3 is 3.10 bits per heavy atom. The highest BCUT2D eigenvalue weighted by Crippen LogP contribution is 2.09. The number of rotatable bonds is 4. The molecule has 0 aromatic rings. The van der Waals surface area contributed by atoms with E-state index < -0.39 is 0 Å². The molecule has 3 heteroatoms. The third-order valence-electron chi connectivity index (χ3n) is 1.98. The maximum atomic E-state index is 4.89. The molecular formula is C7H16N2O. The van der Waals surface area contributed by atoms with Gasteiger partial charge in [0, 0.05) is 6.04 Å². The highest BCUT2D eigenvalue weighted by Gasteiger charge is 2.12. The molecule has 0 aromatic carbocycles. The second-order valence-electron chi connectivity index (χ2n) is 2.81. The minimum atomic E-state index is 0.693. The highest BCUT2D eigenvalue weighted by molar-refractivity contribution is 4.73. The van der Waals surface area contributed by atoms with Crippen molar-refractivity contribution in [3.05, 3.63) is 0 Å². The first-order valence-electron chi connectivity index (χ1n) is 3.98. The van der Waals surface area contributed by atoms with Crippen molar-refractivity contribution in [1.82, 2.24) is 5.32 Å². The molecule has 1 heterocycles. The lowest BCUT2D eigenvalue weighted by Gasteiger charge is -2.07. The lowest BCUT2D eigenvalue weighted by molar-refractivity contribution is 0.132. The van der Waals surface area contributed by atoms with Gasteiger partial charge in [-0.2, -0.15) is 0 Å². The Bertz CT molecular complexity index is 81.7. The lowest BCUT2D eigenvalue weighted by Crippen LogP contribution is -2.21. The van der Waals surface area contributed by atoms with Crippen LogP contribution < -0.4 is 11.2 Å². The molecule has 1 atom stereocenters. The largest absolute Gasteiger partial charge is 0.314 e. The second kappa shape index (κ2) is 4.66. The molecule has 0 radical (unpaired) electrons. The molecule has 0 aliphatic carbocycles. The van der Waals surface area contributed by atoms with E-state index in [2.05, 4.69) is 10.2 Å². The Hall–Kier alpha value is -0.120. The van der Waals surface area contributed by atoms with Crippen molar-refractivity contribution in [3.63, 3.8) is 0 Å². The topological polar surface area (TPSA) is 47.3 Å². The quantitative estimate of drug-likeness (QED) is 0.444. The first-order valence-corrected chi connectivity index (χ1v) is 3.98. The standard InChI is InChI=1S/C7H16N2O/c8-10-6-2-4-7-3-1-5-9-7/h7,9H,1-6,8H2. The Balaban J connectivity index is 1.91. The van der Waals surface area contributed by atoms with Crippen molar-refractivity contribution >= 4 is 0 Å². The molecule has 60 valence electrons. The monoisotopic (exact) mass is 144 g/mol. The van der Waals surface area contributed by atoms with Crippen molar-refractivity contribution in [1.29, 1.82) is 0 Å². The van der Waals surface area contributed by atoms with Gasteiger partial charge in [0.15, 0.2) is 0 Å². The Morgan fingerprint density at radius 2 is 2.50 bits per heavy atom. The summed E-state index contributed by atoms with van der Waals surface area (Å²) < 4.78 is 0. The number of hydrogen-bond acceptors (Lipinski definition) is 3. The minimum Gasteiger partial charge on any atom is -0.314 e. The van der Waals surface area contributed by atoms with Crippen LogP contribution in [0.4, 0.5) is 0 Å². The van der Waals surface area contributed by atoms with Gasteiger partial charge in [-0.25, -0.2) is 5.90 Å². The first kappa shape index (κ1) is 7.98. The molecule has 1 rings (SSSR count). The van der Waals surface area contributed by atoms with E-state index in [0.717, 1.165) is 12.5 Å². The Kier molecular flexibility index (Phi) is 3.72. The summed E-state index contributed by atoms with van der Waals surface area (Å²) in [6.45, 7) is 1.88. The maximum Gasteiger partial charge on any atom is 0.0679 e. The number of nitrogens with two attached hydrogens (primary N) is 1. The van der Waals surface area contributed by atoms with Gasteiger partial charge in [0.05, 0.1) is 6.61 Å². The van der Waals surface area contributed by atoms with Gasteiger partial charge in [-0.1, -0.05) is 0 Å². The molecule has 3 N–H and O–H groups in total. The van der Waals surface area contributed by atoms with Crippen molar-refractivity contribution in [3.8, 4) is 0 Å². The van der Waals surface area contributed by atoms with Crippen molar-refractivity contribution in [2.24, 2.45) is 5.90 Å². The van der Waals surface area contributed by atoms with Crippen molar-refractivity contribution < 1.29 is 4.84 Å². The van der Waals surface area contributed by atoms with Gasteiger partial charge in [0.2, 0.25) is 0 Å². The number of hydrogen-bond donors (Lipinski definition) is 2. The second-order valence-corrected chi connectivity index (χ2v) is 2.81. The van der Waals surface area contributed by atoms with Crippen LogP contribution in [0.25, 0.3) is 0 Å². The van der Waals surface area contributed by atoms with Crippen LogP contribution in [0.2, 0.25) is 0 Å². The summed E-state index contributed by atoms with van der Waals surface area (Å²) >= 11 is 0. The molecule has 1 unspecified atom stereocenters. The Labute approximate surface area is 61.9 Å². The third-order valence-corrected chi connectivity index (χ3v) is 1.98. The van der Waals surface area contributed by atoms with Gasteiger partial charge in [0.25, 0.3) is 0 Å². The molecule has 1 saturated heterocycles. The van der Waals surface area contributed by atoms with Gasteiger partial charge in [-0.15, -0.1) is 0 Å². The zero-order valence-corrected chi connectivity index (χ0v) is 6.31. The van der Waals surface area contributed by atoms with Gasteiger partial charge >= 0.3 is 0 Å². The molecule has 0 amide bonds. The molecule has 3 nitrogen and oxygen atoms in total. The van der Waals surface area contributed by atoms with E-state index in [0.29, 0.717) is 6.61 Å². The van der Waals surface area contributed by atoms with Crippen LogP contribution in [0, 0.1) is 0 Å². The Morgan fingerprint density at radius 1 is 1.60 bits per heavy atom. The predicted octanol–water partition coefficient (Wildman–Crippen LogP) is 0.409. The maximum absolute atomic E-state index is 4.89. The fourth-order valence-electron chi connectivity index (χ4n) is 1.42. The minimum absolute atomic E-state index is 0.693. The van der Waals surface area contributed by atoms with E-state index in [1.165, 1.54) is 25.8 Å². The third kappa shape index (κ3) is 2.64. The van der Waals surface area contributed by atoms with E-state index in [1.807, 2.05) is 0 Å². The lowest BCUT2D eigenvalue weighted by atomic mass is 10.1. The zero-order chi connectivity index (χ0) is 7.23.